The number of hydrogen-bond donors (Lipinski definition) is 1. The maximum Gasteiger partial charge on any atom is 0.252 e. The van der Waals surface area contributed by atoms with Crippen LogP contribution in [0.3, 0.4) is 0 Å². The number of sulfonamides is 1. The summed E-state index contributed by atoms with van der Waals surface area (Å²) in [7, 11) is -3.49. The lowest BCUT2D eigenvalue weighted by molar-refractivity contribution is -0.126. The largest absolute Gasteiger partial charge is 0.355 e. The van der Waals surface area contributed by atoms with Crippen molar-refractivity contribution in [3.63, 3.8) is 0 Å². The monoisotopic (exact) mass is 412 g/mol. The van der Waals surface area contributed by atoms with E-state index in [0.29, 0.717) is 41.6 Å². The molecule has 26 heavy (non-hydrogen) atoms. The van der Waals surface area contributed by atoms with Gasteiger partial charge in [-0.05, 0) is 48.4 Å². The summed E-state index contributed by atoms with van der Waals surface area (Å²) in [5, 5.41) is 5.37. The number of carbonyl (C=O) groups is 1. The Labute approximate surface area is 163 Å². The number of carbonyl (C=O) groups excluding carboxylic acids is 1. The van der Waals surface area contributed by atoms with E-state index < -0.39 is 10.0 Å². The Kier molecular flexibility index (Phi) is 6.34. The number of halogens is 1. The van der Waals surface area contributed by atoms with Gasteiger partial charge in [-0.15, -0.1) is 11.3 Å². The molecule has 5 nitrogen and oxygen atoms in total. The molecule has 2 heterocycles. The van der Waals surface area contributed by atoms with Crippen LogP contribution < -0.4 is 5.32 Å². The van der Waals surface area contributed by atoms with Crippen molar-refractivity contribution in [1.82, 2.24) is 9.62 Å². The van der Waals surface area contributed by atoms with E-state index in [4.69, 9.17) is 11.6 Å². The third-order valence-corrected chi connectivity index (χ3v) is 7.96. The van der Waals surface area contributed by atoms with Gasteiger partial charge in [-0.2, -0.15) is 4.31 Å². The Morgan fingerprint density at radius 2 is 2.04 bits per heavy atom. The Bertz CT molecular complexity index is 836. The summed E-state index contributed by atoms with van der Waals surface area (Å²) in [6.07, 6.45) is 2.12. The lowest BCUT2D eigenvalue weighted by Crippen LogP contribution is -2.45. The molecule has 1 atom stereocenters. The van der Waals surface area contributed by atoms with Gasteiger partial charge in [-0.1, -0.05) is 29.8 Å². The van der Waals surface area contributed by atoms with E-state index in [2.05, 4.69) is 5.32 Å². The molecule has 1 saturated heterocycles. The minimum Gasteiger partial charge on any atom is -0.355 e. The molecule has 8 heteroatoms. The number of thiophene rings is 1. The van der Waals surface area contributed by atoms with Crippen LogP contribution in [0.25, 0.3) is 0 Å². The molecule has 0 bridgehead atoms. The minimum atomic E-state index is -3.49. The third-order valence-electron chi connectivity index (χ3n) is 4.47. The average molecular weight is 413 g/mol. The van der Waals surface area contributed by atoms with Gasteiger partial charge in [-0.25, -0.2) is 8.42 Å². The van der Waals surface area contributed by atoms with Crippen LogP contribution in [0, 0.1) is 5.92 Å². The molecule has 1 fully saturated rings. The maximum absolute atomic E-state index is 12.6. The van der Waals surface area contributed by atoms with Crippen LogP contribution >= 0.6 is 22.9 Å². The van der Waals surface area contributed by atoms with Crippen LogP contribution in [0.15, 0.2) is 46.0 Å². The Balaban J connectivity index is 1.54. The standard InChI is InChI=1S/C18H21ClN2O3S2/c19-16-7-5-14(6-8-16)9-10-20-18(22)15-3-1-11-21(13-15)26(23,24)17-4-2-12-25-17/h2,4-8,12,15H,1,3,9-11,13H2,(H,20,22)/t15-/m0/s1. The molecule has 1 aliphatic rings. The summed E-state index contributed by atoms with van der Waals surface area (Å²) in [4.78, 5) is 12.5. The van der Waals surface area contributed by atoms with Gasteiger partial charge >= 0.3 is 0 Å². The van der Waals surface area contributed by atoms with Gasteiger partial charge in [0.05, 0.1) is 5.92 Å². The SMILES string of the molecule is O=C(NCCc1ccc(Cl)cc1)[C@H]1CCCN(S(=O)(=O)c2cccs2)C1. The van der Waals surface area contributed by atoms with Gasteiger partial charge in [0.1, 0.15) is 4.21 Å². The molecule has 1 N–H and O–H groups in total. The third kappa shape index (κ3) is 4.65. The zero-order valence-corrected chi connectivity index (χ0v) is 16.6. The predicted molar refractivity (Wildman–Crippen MR) is 104 cm³/mol. The molecular weight excluding hydrogens is 392 g/mol. The van der Waals surface area contributed by atoms with Crippen molar-refractivity contribution >= 4 is 38.9 Å². The second kappa shape index (κ2) is 8.52. The van der Waals surface area contributed by atoms with Crippen molar-refractivity contribution in [1.29, 1.82) is 0 Å². The van der Waals surface area contributed by atoms with Crippen LogP contribution in [-0.4, -0.2) is 38.3 Å². The zero-order chi connectivity index (χ0) is 18.6. The van der Waals surface area contributed by atoms with E-state index in [1.807, 2.05) is 24.3 Å². The Morgan fingerprint density at radius 3 is 2.73 bits per heavy atom. The highest BCUT2D eigenvalue weighted by Crippen LogP contribution is 2.26. The van der Waals surface area contributed by atoms with Crippen LogP contribution in [0.5, 0.6) is 0 Å². The van der Waals surface area contributed by atoms with Crippen molar-refractivity contribution in [2.45, 2.75) is 23.5 Å². The van der Waals surface area contributed by atoms with Crippen LogP contribution in [0.2, 0.25) is 5.02 Å². The lowest BCUT2D eigenvalue weighted by atomic mass is 9.99. The maximum atomic E-state index is 12.6. The van der Waals surface area contributed by atoms with Crippen molar-refractivity contribution in [3.8, 4) is 0 Å². The summed E-state index contributed by atoms with van der Waals surface area (Å²) < 4.78 is 27.0. The van der Waals surface area contributed by atoms with Crippen LogP contribution in [0.4, 0.5) is 0 Å². The molecule has 0 aliphatic carbocycles. The van der Waals surface area contributed by atoms with E-state index in [9.17, 15) is 13.2 Å². The van der Waals surface area contributed by atoms with Gasteiger partial charge in [-0.3, -0.25) is 4.79 Å². The quantitative estimate of drug-likeness (QED) is 0.792. The molecule has 0 spiro atoms. The number of amides is 1. The topological polar surface area (TPSA) is 66.5 Å². The normalized spacial score (nSPS) is 18.6. The summed E-state index contributed by atoms with van der Waals surface area (Å²) in [5.74, 6) is -0.381. The number of rotatable bonds is 6. The molecule has 0 radical (unpaired) electrons. The lowest BCUT2D eigenvalue weighted by Gasteiger charge is -2.30. The van der Waals surface area contributed by atoms with Gasteiger partial charge in [0, 0.05) is 24.7 Å². The fourth-order valence-corrected chi connectivity index (χ4v) is 5.83. The summed E-state index contributed by atoms with van der Waals surface area (Å²) in [6.45, 7) is 1.23. The molecule has 1 aliphatic heterocycles. The zero-order valence-electron chi connectivity index (χ0n) is 14.2. The number of nitrogens with zero attached hydrogens (tertiary/aromatic N) is 1. The molecule has 1 aromatic carbocycles. The molecule has 0 unspecified atom stereocenters. The minimum absolute atomic E-state index is 0.0787. The fraction of sp³-hybridized carbons (Fsp3) is 0.389. The van der Waals surface area contributed by atoms with Crippen LogP contribution in [0.1, 0.15) is 18.4 Å². The number of hydrogen-bond acceptors (Lipinski definition) is 4. The van der Waals surface area contributed by atoms with Gasteiger partial charge in [0.25, 0.3) is 10.0 Å². The molecular formula is C18H21ClN2O3S2. The van der Waals surface area contributed by atoms with Crippen molar-refractivity contribution < 1.29 is 13.2 Å². The average Bonchev–Trinajstić information content (AvgIpc) is 3.19. The molecule has 0 saturated carbocycles. The van der Waals surface area contributed by atoms with Crippen molar-refractivity contribution in [3.05, 3.63) is 52.4 Å². The van der Waals surface area contributed by atoms with Gasteiger partial charge in [0.2, 0.25) is 5.91 Å². The predicted octanol–water partition coefficient (Wildman–Crippen LogP) is 3.16. The summed E-state index contributed by atoms with van der Waals surface area (Å²) >= 11 is 7.07. The van der Waals surface area contributed by atoms with Gasteiger partial charge in [0.15, 0.2) is 0 Å². The number of nitrogens with one attached hydrogen (secondary N) is 1. The van der Waals surface area contributed by atoms with E-state index in [-0.39, 0.29) is 18.4 Å². The number of benzene rings is 1. The Hall–Kier alpha value is -1.41. The number of piperidine rings is 1. The summed E-state index contributed by atoms with van der Waals surface area (Å²) in [5.41, 5.74) is 1.10. The first-order valence-corrected chi connectivity index (χ1v) is 11.2. The van der Waals surface area contributed by atoms with E-state index >= 15 is 0 Å². The summed E-state index contributed by atoms with van der Waals surface area (Å²) in [6, 6.07) is 10.9. The second-order valence-electron chi connectivity index (χ2n) is 6.30. The Morgan fingerprint density at radius 1 is 1.27 bits per heavy atom. The molecule has 1 aromatic heterocycles. The smallest absolute Gasteiger partial charge is 0.252 e. The molecule has 2 aromatic rings. The van der Waals surface area contributed by atoms with Crippen LogP contribution in [-0.2, 0) is 21.2 Å². The van der Waals surface area contributed by atoms with Crippen molar-refractivity contribution in [2.24, 2.45) is 5.92 Å². The molecule has 1 amide bonds. The second-order valence-corrected chi connectivity index (χ2v) is 9.85. The molecule has 3 rings (SSSR count). The highest BCUT2D eigenvalue weighted by molar-refractivity contribution is 7.91. The van der Waals surface area contributed by atoms with E-state index in [1.165, 1.54) is 15.6 Å². The highest BCUT2D eigenvalue weighted by atomic mass is 35.5. The first-order valence-electron chi connectivity index (χ1n) is 8.52. The van der Waals surface area contributed by atoms with E-state index in [0.717, 1.165) is 5.56 Å². The highest BCUT2D eigenvalue weighted by Gasteiger charge is 2.33. The fourth-order valence-electron chi connectivity index (χ4n) is 3.04. The molecule has 140 valence electrons. The first-order chi connectivity index (χ1) is 12.5. The van der Waals surface area contributed by atoms with Gasteiger partial charge < -0.3 is 5.32 Å². The van der Waals surface area contributed by atoms with Crippen molar-refractivity contribution in [2.75, 3.05) is 19.6 Å². The van der Waals surface area contributed by atoms with E-state index in [1.54, 1.807) is 17.5 Å². The first kappa shape index (κ1) is 19.4.